The number of hydrogen-bond acceptors (Lipinski definition) is 1. The Morgan fingerprint density at radius 1 is 1.27 bits per heavy atom. The Labute approximate surface area is 123 Å². The van der Waals surface area contributed by atoms with Crippen LogP contribution >= 0.6 is 65.8 Å². The van der Waals surface area contributed by atoms with Gasteiger partial charge in [-0.05, 0) is 57.8 Å². The average Bonchev–Trinajstić information content (AvgIpc) is 2.74. The molecule has 0 saturated heterocycles. The van der Waals surface area contributed by atoms with E-state index in [9.17, 15) is 0 Å². The van der Waals surface area contributed by atoms with E-state index in [0.29, 0.717) is 0 Å². The van der Waals surface area contributed by atoms with Gasteiger partial charge in [-0.1, -0.05) is 37.9 Å². The molecular weight excluding hydrogens is 451 g/mol. The summed E-state index contributed by atoms with van der Waals surface area (Å²) in [7, 11) is 0. The Balaban J connectivity index is 2.41. The summed E-state index contributed by atoms with van der Waals surface area (Å²) < 4.78 is 2.41. The van der Waals surface area contributed by atoms with Gasteiger partial charge in [-0.2, -0.15) is 0 Å². The first-order chi connectivity index (χ1) is 7.18. The van der Waals surface area contributed by atoms with Gasteiger partial charge < -0.3 is 0 Å². The summed E-state index contributed by atoms with van der Waals surface area (Å²) >= 11 is 11.4. The van der Waals surface area contributed by atoms with Gasteiger partial charge in [-0.3, -0.25) is 0 Å². The van der Waals surface area contributed by atoms with Gasteiger partial charge in [0.25, 0.3) is 0 Å². The fourth-order valence-corrected chi connectivity index (χ4v) is 4.17. The summed E-state index contributed by atoms with van der Waals surface area (Å²) in [6, 6.07) is 10.6. The Kier molecular flexibility index (Phi) is 4.26. The fourth-order valence-electron chi connectivity index (χ4n) is 1.30. The second-order valence-corrected chi connectivity index (χ2v) is 7.04. The van der Waals surface area contributed by atoms with Crippen molar-refractivity contribution in [2.75, 3.05) is 0 Å². The molecule has 0 bridgehead atoms. The minimum atomic E-state index is 0.279. The van der Waals surface area contributed by atoms with E-state index in [2.05, 4.69) is 90.2 Å². The molecule has 0 saturated carbocycles. The quantitative estimate of drug-likeness (QED) is 0.407. The van der Waals surface area contributed by atoms with Crippen LogP contribution in [0.3, 0.4) is 0 Å². The lowest BCUT2D eigenvalue weighted by molar-refractivity contribution is 1.20. The molecule has 1 aromatic heterocycles. The Morgan fingerprint density at radius 3 is 2.73 bits per heavy atom. The molecule has 1 heterocycles. The fraction of sp³-hybridized carbons (Fsp3) is 0.0909. The first-order valence-corrected chi connectivity index (χ1v) is 7.97. The number of rotatable bonds is 2. The van der Waals surface area contributed by atoms with E-state index < -0.39 is 0 Å². The highest BCUT2D eigenvalue weighted by atomic mass is 127. The molecule has 2 aromatic rings. The van der Waals surface area contributed by atoms with Gasteiger partial charge in [0.1, 0.15) is 0 Å². The van der Waals surface area contributed by atoms with Gasteiger partial charge in [-0.25, -0.2) is 0 Å². The lowest BCUT2D eigenvalue weighted by atomic mass is 10.1. The van der Waals surface area contributed by atoms with Crippen LogP contribution in [0.5, 0.6) is 0 Å². The van der Waals surface area contributed by atoms with E-state index in [0.717, 1.165) is 4.47 Å². The minimum Gasteiger partial charge on any atom is -0.147 e. The molecule has 1 atom stereocenters. The smallest absolute Gasteiger partial charge is 0.0749 e. The SMILES string of the molecule is Brc1ccc(I)cc1C(Br)c1cccs1. The molecule has 0 amide bonds. The highest BCUT2D eigenvalue weighted by Gasteiger charge is 2.14. The topological polar surface area (TPSA) is 0 Å². The second kappa shape index (κ2) is 5.29. The number of benzene rings is 1. The number of thiophene rings is 1. The van der Waals surface area contributed by atoms with Crippen molar-refractivity contribution in [2.45, 2.75) is 4.83 Å². The van der Waals surface area contributed by atoms with Crippen molar-refractivity contribution in [3.8, 4) is 0 Å². The average molecular weight is 458 g/mol. The molecule has 0 aliphatic rings. The maximum absolute atomic E-state index is 3.74. The van der Waals surface area contributed by atoms with Crippen molar-refractivity contribution >= 4 is 65.8 Å². The van der Waals surface area contributed by atoms with Gasteiger partial charge >= 0.3 is 0 Å². The standard InChI is InChI=1S/C11H7Br2IS/c12-9-4-3-7(14)6-8(9)11(13)10-2-1-5-15-10/h1-6,11H. The molecule has 1 aromatic carbocycles. The molecule has 4 heteroatoms. The van der Waals surface area contributed by atoms with Crippen LogP contribution in [-0.4, -0.2) is 0 Å². The molecule has 0 fully saturated rings. The molecule has 0 spiro atoms. The van der Waals surface area contributed by atoms with E-state index >= 15 is 0 Å². The van der Waals surface area contributed by atoms with Crippen LogP contribution in [0.2, 0.25) is 0 Å². The van der Waals surface area contributed by atoms with E-state index in [-0.39, 0.29) is 4.83 Å². The number of halogens is 3. The highest BCUT2D eigenvalue weighted by molar-refractivity contribution is 14.1. The zero-order chi connectivity index (χ0) is 10.8. The van der Waals surface area contributed by atoms with Crippen molar-refractivity contribution in [2.24, 2.45) is 0 Å². The first-order valence-electron chi connectivity index (χ1n) is 4.31. The Morgan fingerprint density at radius 2 is 2.07 bits per heavy atom. The van der Waals surface area contributed by atoms with Gasteiger partial charge in [0.15, 0.2) is 0 Å². The monoisotopic (exact) mass is 456 g/mol. The van der Waals surface area contributed by atoms with E-state index in [1.807, 2.05) is 0 Å². The summed E-state index contributed by atoms with van der Waals surface area (Å²) in [5, 5.41) is 2.10. The third-order valence-electron chi connectivity index (χ3n) is 2.02. The number of hydrogen-bond donors (Lipinski definition) is 0. The molecule has 15 heavy (non-hydrogen) atoms. The largest absolute Gasteiger partial charge is 0.147 e. The van der Waals surface area contributed by atoms with Crippen LogP contribution in [0.15, 0.2) is 40.2 Å². The summed E-state index contributed by atoms with van der Waals surface area (Å²) in [5.74, 6) is 0. The van der Waals surface area contributed by atoms with Crippen molar-refractivity contribution < 1.29 is 0 Å². The van der Waals surface area contributed by atoms with Crippen molar-refractivity contribution in [1.29, 1.82) is 0 Å². The Hall–Kier alpha value is 0.610. The summed E-state index contributed by atoms with van der Waals surface area (Å²) in [4.78, 5) is 1.61. The molecule has 0 aliphatic heterocycles. The normalized spacial score (nSPS) is 12.7. The third-order valence-corrected chi connectivity index (χ3v) is 5.64. The number of alkyl halides is 1. The second-order valence-electron chi connectivity index (χ2n) is 3.04. The molecule has 0 N–H and O–H groups in total. The van der Waals surface area contributed by atoms with Gasteiger partial charge in [0.2, 0.25) is 0 Å². The van der Waals surface area contributed by atoms with Crippen LogP contribution < -0.4 is 0 Å². The van der Waals surface area contributed by atoms with Crippen LogP contribution in [0.4, 0.5) is 0 Å². The van der Waals surface area contributed by atoms with Gasteiger partial charge in [-0.15, -0.1) is 11.3 Å². The maximum Gasteiger partial charge on any atom is 0.0749 e. The van der Waals surface area contributed by atoms with Gasteiger partial charge in [0.05, 0.1) is 4.83 Å². The maximum atomic E-state index is 3.74. The Bertz CT molecular complexity index is 454. The molecular formula is C11H7Br2IS. The lowest BCUT2D eigenvalue weighted by Crippen LogP contribution is -1.91. The van der Waals surface area contributed by atoms with Crippen LogP contribution in [0, 0.1) is 3.57 Å². The highest BCUT2D eigenvalue weighted by Crippen LogP contribution is 2.37. The molecule has 1 unspecified atom stereocenters. The third kappa shape index (κ3) is 2.84. The molecule has 0 radical (unpaired) electrons. The van der Waals surface area contributed by atoms with E-state index in [1.165, 1.54) is 14.0 Å². The minimum absolute atomic E-state index is 0.279. The van der Waals surface area contributed by atoms with Crippen LogP contribution in [-0.2, 0) is 0 Å². The van der Waals surface area contributed by atoms with E-state index in [4.69, 9.17) is 0 Å². The van der Waals surface area contributed by atoms with Crippen molar-refractivity contribution in [3.05, 3.63) is 54.2 Å². The van der Waals surface area contributed by atoms with Crippen molar-refractivity contribution in [1.82, 2.24) is 0 Å². The van der Waals surface area contributed by atoms with Crippen molar-refractivity contribution in [3.63, 3.8) is 0 Å². The summed E-state index contributed by atoms with van der Waals surface area (Å²) in [6.07, 6.45) is 0. The molecule has 2 rings (SSSR count). The van der Waals surface area contributed by atoms with E-state index in [1.54, 1.807) is 11.3 Å². The van der Waals surface area contributed by atoms with Crippen LogP contribution in [0.1, 0.15) is 15.3 Å². The zero-order valence-electron chi connectivity index (χ0n) is 7.58. The predicted molar refractivity (Wildman–Crippen MR) is 81.9 cm³/mol. The summed E-state index contributed by atoms with van der Waals surface area (Å²) in [6.45, 7) is 0. The predicted octanol–water partition coefficient (Wildman–Crippen LogP) is 5.60. The zero-order valence-corrected chi connectivity index (χ0v) is 13.7. The van der Waals surface area contributed by atoms with Gasteiger partial charge in [0, 0.05) is 12.9 Å². The first kappa shape index (κ1) is 12.1. The van der Waals surface area contributed by atoms with Crippen LogP contribution in [0.25, 0.3) is 0 Å². The lowest BCUT2D eigenvalue weighted by Gasteiger charge is -2.10. The molecule has 0 nitrogen and oxygen atoms in total. The summed E-state index contributed by atoms with van der Waals surface area (Å²) in [5.41, 5.74) is 1.28. The molecule has 78 valence electrons. The molecule has 0 aliphatic carbocycles.